The van der Waals surface area contributed by atoms with Crippen LogP contribution in [0.15, 0.2) is 41.1 Å². The Morgan fingerprint density at radius 2 is 2.05 bits per heavy atom. The second kappa shape index (κ2) is 6.61. The van der Waals surface area contributed by atoms with Gasteiger partial charge in [0.2, 0.25) is 10.0 Å². The number of ether oxygens (including phenoxy) is 1. The zero-order valence-electron chi connectivity index (χ0n) is 12.1. The second-order valence-corrected chi connectivity index (χ2v) is 6.51. The standard InChI is InChI=1S/C14H16N2O5S/c1-10(14(17)20-2)9-22(18,19)16-12-8-15-21-13(12)11-6-4-3-5-7-11/h3-8,10,16H,9H2,1-2H3/t10-/m0/s1. The first-order valence-corrected chi connectivity index (χ1v) is 8.16. The maximum absolute atomic E-state index is 12.1. The Morgan fingerprint density at radius 1 is 1.36 bits per heavy atom. The third-order valence-electron chi connectivity index (χ3n) is 2.94. The van der Waals surface area contributed by atoms with Crippen LogP contribution >= 0.6 is 0 Å². The van der Waals surface area contributed by atoms with E-state index in [1.54, 1.807) is 24.3 Å². The molecule has 118 valence electrons. The van der Waals surface area contributed by atoms with E-state index in [2.05, 4.69) is 14.6 Å². The molecular weight excluding hydrogens is 308 g/mol. The lowest BCUT2D eigenvalue weighted by Gasteiger charge is -2.11. The van der Waals surface area contributed by atoms with Crippen molar-refractivity contribution in [3.63, 3.8) is 0 Å². The van der Waals surface area contributed by atoms with Crippen molar-refractivity contribution in [3.8, 4) is 11.3 Å². The second-order valence-electron chi connectivity index (χ2n) is 4.74. The summed E-state index contributed by atoms with van der Waals surface area (Å²) in [6.45, 7) is 1.48. The third-order valence-corrected chi connectivity index (χ3v) is 4.41. The quantitative estimate of drug-likeness (QED) is 0.815. The molecule has 0 bridgehead atoms. The van der Waals surface area contributed by atoms with Crippen molar-refractivity contribution in [3.05, 3.63) is 36.5 Å². The molecule has 1 N–H and O–H groups in total. The zero-order valence-corrected chi connectivity index (χ0v) is 13.0. The highest BCUT2D eigenvalue weighted by Gasteiger charge is 2.24. The van der Waals surface area contributed by atoms with Gasteiger partial charge in [0.05, 0.1) is 25.0 Å². The molecule has 8 heteroatoms. The monoisotopic (exact) mass is 324 g/mol. The molecule has 2 aromatic rings. The number of benzene rings is 1. The van der Waals surface area contributed by atoms with E-state index in [-0.39, 0.29) is 11.4 Å². The van der Waals surface area contributed by atoms with Gasteiger partial charge in [-0.3, -0.25) is 9.52 Å². The van der Waals surface area contributed by atoms with Crippen LogP contribution < -0.4 is 4.72 Å². The Morgan fingerprint density at radius 3 is 2.68 bits per heavy atom. The fourth-order valence-electron chi connectivity index (χ4n) is 1.92. The van der Waals surface area contributed by atoms with E-state index in [1.165, 1.54) is 20.2 Å². The highest BCUT2D eigenvalue weighted by molar-refractivity contribution is 7.92. The van der Waals surface area contributed by atoms with Gasteiger partial charge in [-0.1, -0.05) is 42.4 Å². The first-order valence-electron chi connectivity index (χ1n) is 6.51. The highest BCUT2D eigenvalue weighted by Crippen LogP contribution is 2.28. The van der Waals surface area contributed by atoms with E-state index in [4.69, 9.17) is 4.52 Å². The normalized spacial score (nSPS) is 12.6. The molecule has 7 nitrogen and oxygen atoms in total. The van der Waals surface area contributed by atoms with Crippen LogP contribution in [0.5, 0.6) is 0 Å². The molecule has 22 heavy (non-hydrogen) atoms. The Kier molecular flexibility index (Phi) is 4.81. The fraction of sp³-hybridized carbons (Fsp3) is 0.286. The summed E-state index contributed by atoms with van der Waals surface area (Å²) in [4.78, 5) is 11.3. The number of nitrogens with one attached hydrogen (secondary N) is 1. The number of hydrogen-bond donors (Lipinski definition) is 1. The van der Waals surface area contributed by atoms with E-state index in [0.29, 0.717) is 11.3 Å². The molecule has 0 saturated carbocycles. The average molecular weight is 324 g/mol. The lowest BCUT2D eigenvalue weighted by Crippen LogP contribution is -2.26. The molecule has 0 radical (unpaired) electrons. The van der Waals surface area contributed by atoms with Crippen molar-refractivity contribution >= 4 is 21.7 Å². The van der Waals surface area contributed by atoms with Gasteiger partial charge in [0.15, 0.2) is 5.76 Å². The predicted molar refractivity (Wildman–Crippen MR) is 80.5 cm³/mol. The van der Waals surface area contributed by atoms with Gasteiger partial charge < -0.3 is 9.26 Å². The summed E-state index contributed by atoms with van der Waals surface area (Å²) in [7, 11) is -2.53. The van der Waals surface area contributed by atoms with E-state index < -0.39 is 21.9 Å². The number of rotatable bonds is 6. The SMILES string of the molecule is COC(=O)[C@@H](C)CS(=O)(=O)Nc1cnoc1-c1ccccc1. The molecule has 0 spiro atoms. The Bertz CT molecular complexity index is 740. The zero-order chi connectivity index (χ0) is 16.2. The van der Waals surface area contributed by atoms with E-state index in [9.17, 15) is 13.2 Å². The lowest BCUT2D eigenvalue weighted by atomic mass is 10.1. The largest absolute Gasteiger partial charge is 0.469 e. The predicted octanol–water partition coefficient (Wildman–Crippen LogP) is 1.89. The number of anilines is 1. The molecule has 2 rings (SSSR count). The maximum Gasteiger partial charge on any atom is 0.309 e. The summed E-state index contributed by atoms with van der Waals surface area (Å²) in [5.74, 6) is -1.43. The van der Waals surface area contributed by atoms with Crippen molar-refractivity contribution in [1.29, 1.82) is 0 Å². The molecular formula is C14H16N2O5S. The minimum Gasteiger partial charge on any atom is -0.469 e. The molecule has 0 amide bonds. The molecule has 0 unspecified atom stereocenters. The van der Waals surface area contributed by atoms with Gasteiger partial charge in [-0.05, 0) is 0 Å². The van der Waals surface area contributed by atoms with Crippen LogP contribution in [0.25, 0.3) is 11.3 Å². The lowest BCUT2D eigenvalue weighted by molar-refractivity contribution is -0.144. The van der Waals surface area contributed by atoms with Crippen molar-refractivity contribution in [2.24, 2.45) is 5.92 Å². The Hall–Kier alpha value is -2.35. The third kappa shape index (κ3) is 3.85. The maximum atomic E-state index is 12.1. The molecule has 1 aromatic carbocycles. The summed E-state index contributed by atoms with van der Waals surface area (Å²) in [6, 6.07) is 8.98. The summed E-state index contributed by atoms with van der Waals surface area (Å²) in [6.07, 6.45) is 1.28. The van der Waals surface area contributed by atoms with Crippen LogP contribution in [0.4, 0.5) is 5.69 Å². The Labute approximate surface area is 128 Å². The molecule has 1 aromatic heterocycles. The van der Waals surface area contributed by atoms with Crippen LogP contribution in [0.2, 0.25) is 0 Å². The van der Waals surface area contributed by atoms with Gasteiger partial charge in [-0.25, -0.2) is 8.42 Å². The Balaban J connectivity index is 2.18. The van der Waals surface area contributed by atoms with E-state index in [1.807, 2.05) is 6.07 Å². The number of aromatic nitrogens is 1. The topological polar surface area (TPSA) is 98.5 Å². The first kappa shape index (κ1) is 16.0. The summed E-state index contributed by atoms with van der Waals surface area (Å²) >= 11 is 0. The van der Waals surface area contributed by atoms with Crippen molar-refractivity contribution < 1.29 is 22.5 Å². The number of nitrogens with zero attached hydrogens (tertiary/aromatic N) is 1. The first-order chi connectivity index (χ1) is 10.4. The number of esters is 1. The fourth-order valence-corrected chi connectivity index (χ4v) is 3.28. The van der Waals surface area contributed by atoms with Gasteiger partial charge in [-0.2, -0.15) is 0 Å². The van der Waals surface area contributed by atoms with Gasteiger partial charge in [0.1, 0.15) is 5.69 Å². The number of methoxy groups -OCH3 is 1. The van der Waals surface area contributed by atoms with E-state index >= 15 is 0 Å². The molecule has 1 heterocycles. The molecule has 0 fully saturated rings. The van der Waals surface area contributed by atoms with Crippen LogP contribution in [0, 0.1) is 5.92 Å². The molecule has 1 atom stereocenters. The van der Waals surface area contributed by atoms with Crippen molar-refractivity contribution in [2.75, 3.05) is 17.6 Å². The summed E-state index contributed by atoms with van der Waals surface area (Å²) in [5, 5.41) is 3.62. The van der Waals surface area contributed by atoms with Crippen LogP contribution in [0.1, 0.15) is 6.92 Å². The number of carbonyl (C=O) groups is 1. The number of hydrogen-bond acceptors (Lipinski definition) is 6. The van der Waals surface area contributed by atoms with Crippen LogP contribution in [-0.4, -0.2) is 32.4 Å². The minimum absolute atomic E-state index is 0.225. The van der Waals surface area contributed by atoms with Gasteiger partial charge in [0.25, 0.3) is 0 Å². The molecule has 0 aliphatic heterocycles. The minimum atomic E-state index is -3.74. The van der Waals surface area contributed by atoms with Gasteiger partial charge in [-0.15, -0.1) is 0 Å². The van der Waals surface area contributed by atoms with Crippen molar-refractivity contribution in [1.82, 2.24) is 5.16 Å². The van der Waals surface area contributed by atoms with Crippen molar-refractivity contribution in [2.45, 2.75) is 6.92 Å². The number of sulfonamides is 1. The molecule has 0 saturated heterocycles. The summed E-state index contributed by atoms with van der Waals surface area (Å²) in [5.41, 5.74) is 0.919. The summed E-state index contributed by atoms with van der Waals surface area (Å²) < 4.78 is 36.3. The molecule has 0 aliphatic rings. The molecule has 0 aliphatic carbocycles. The smallest absolute Gasteiger partial charge is 0.309 e. The van der Waals surface area contributed by atoms with Crippen LogP contribution in [0.3, 0.4) is 0 Å². The number of carbonyl (C=O) groups excluding carboxylic acids is 1. The van der Waals surface area contributed by atoms with Gasteiger partial charge >= 0.3 is 5.97 Å². The van der Waals surface area contributed by atoms with E-state index in [0.717, 1.165) is 0 Å². The van der Waals surface area contributed by atoms with Crippen LogP contribution in [-0.2, 0) is 19.6 Å². The van der Waals surface area contributed by atoms with Gasteiger partial charge in [0, 0.05) is 5.56 Å². The highest BCUT2D eigenvalue weighted by atomic mass is 32.2. The average Bonchev–Trinajstić information content (AvgIpc) is 2.94.